The normalized spacial score (nSPS) is 29.8. The first kappa shape index (κ1) is 13.5. The molecule has 16 heavy (non-hydrogen) atoms. The van der Waals surface area contributed by atoms with Gasteiger partial charge in [-0.25, -0.2) is 0 Å². The Morgan fingerprint density at radius 1 is 1.44 bits per heavy atom. The maximum Gasteiger partial charge on any atom is 0.229 e. The molecule has 0 spiro atoms. The van der Waals surface area contributed by atoms with Gasteiger partial charge in [0.1, 0.15) is 0 Å². The van der Waals surface area contributed by atoms with Crippen LogP contribution in [0.3, 0.4) is 0 Å². The van der Waals surface area contributed by atoms with Crippen molar-refractivity contribution in [1.82, 2.24) is 4.90 Å². The number of carbonyl (C=O) groups excluding carboxylic acids is 1. The first-order chi connectivity index (χ1) is 7.20. The molecule has 1 aliphatic rings. The lowest BCUT2D eigenvalue weighted by atomic mass is 9.62. The van der Waals surface area contributed by atoms with Gasteiger partial charge in [0.2, 0.25) is 5.91 Å². The third-order valence-electron chi connectivity index (χ3n) is 3.38. The van der Waals surface area contributed by atoms with Crippen LogP contribution in [-0.4, -0.2) is 30.9 Å². The van der Waals surface area contributed by atoms with Gasteiger partial charge < -0.3 is 10.6 Å². The molecule has 1 amide bonds. The van der Waals surface area contributed by atoms with E-state index in [1.807, 2.05) is 11.9 Å². The number of hydrogen-bond donors (Lipinski definition) is 1. The SMILES string of the molecule is CC1CC(CN)(C(=O)N(C)CC(C)(C)C)C1. The highest BCUT2D eigenvalue weighted by Crippen LogP contribution is 2.46. The maximum absolute atomic E-state index is 12.3. The summed E-state index contributed by atoms with van der Waals surface area (Å²) < 4.78 is 0. The van der Waals surface area contributed by atoms with E-state index in [0.29, 0.717) is 12.5 Å². The Morgan fingerprint density at radius 3 is 2.25 bits per heavy atom. The Hall–Kier alpha value is -0.570. The number of carbonyl (C=O) groups is 1. The van der Waals surface area contributed by atoms with Crippen LogP contribution in [0, 0.1) is 16.7 Å². The Balaban J connectivity index is 2.63. The molecule has 0 heterocycles. The standard InChI is InChI=1S/C13H26N2O/c1-10-6-13(7-10,8-14)11(16)15(5)9-12(2,3)4/h10H,6-9,14H2,1-5H3. The topological polar surface area (TPSA) is 46.3 Å². The summed E-state index contributed by atoms with van der Waals surface area (Å²) in [6, 6.07) is 0. The van der Waals surface area contributed by atoms with Crippen LogP contribution in [0.25, 0.3) is 0 Å². The zero-order valence-electron chi connectivity index (χ0n) is 11.3. The van der Waals surface area contributed by atoms with Gasteiger partial charge in [-0.3, -0.25) is 4.79 Å². The van der Waals surface area contributed by atoms with Crippen LogP contribution in [-0.2, 0) is 4.79 Å². The first-order valence-electron chi connectivity index (χ1n) is 6.16. The minimum atomic E-state index is -0.251. The van der Waals surface area contributed by atoms with E-state index >= 15 is 0 Å². The average Bonchev–Trinajstić information content (AvgIpc) is 2.08. The third-order valence-corrected chi connectivity index (χ3v) is 3.38. The predicted molar refractivity (Wildman–Crippen MR) is 67.0 cm³/mol. The van der Waals surface area contributed by atoms with Gasteiger partial charge in [0.25, 0.3) is 0 Å². The molecule has 0 aromatic rings. The van der Waals surface area contributed by atoms with Crippen LogP contribution in [0.2, 0.25) is 0 Å². The van der Waals surface area contributed by atoms with Gasteiger partial charge >= 0.3 is 0 Å². The summed E-state index contributed by atoms with van der Waals surface area (Å²) in [6.45, 7) is 9.91. The average molecular weight is 226 g/mol. The van der Waals surface area contributed by atoms with Gasteiger partial charge in [-0.2, -0.15) is 0 Å². The summed E-state index contributed by atoms with van der Waals surface area (Å²) in [5.74, 6) is 0.888. The molecule has 1 saturated carbocycles. The van der Waals surface area contributed by atoms with E-state index in [2.05, 4.69) is 27.7 Å². The Labute approximate surface area is 99.4 Å². The van der Waals surface area contributed by atoms with Crippen LogP contribution < -0.4 is 5.73 Å². The minimum Gasteiger partial charge on any atom is -0.345 e. The van der Waals surface area contributed by atoms with Crippen molar-refractivity contribution in [3.8, 4) is 0 Å². The zero-order valence-corrected chi connectivity index (χ0v) is 11.3. The van der Waals surface area contributed by atoms with E-state index in [1.54, 1.807) is 0 Å². The van der Waals surface area contributed by atoms with Gasteiger partial charge in [-0.15, -0.1) is 0 Å². The molecule has 0 unspecified atom stereocenters. The Morgan fingerprint density at radius 2 is 1.94 bits per heavy atom. The molecule has 0 aliphatic heterocycles. The molecule has 94 valence electrons. The monoisotopic (exact) mass is 226 g/mol. The Kier molecular flexibility index (Phi) is 3.68. The maximum atomic E-state index is 12.3. The van der Waals surface area contributed by atoms with Crippen molar-refractivity contribution < 1.29 is 4.79 Å². The molecule has 1 aliphatic carbocycles. The number of nitrogens with zero attached hydrogens (tertiary/aromatic N) is 1. The van der Waals surface area contributed by atoms with Crippen LogP contribution in [0.1, 0.15) is 40.5 Å². The summed E-state index contributed by atoms with van der Waals surface area (Å²) in [4.78, 5) is 14.2. The molecule has 0 radical (unpaired) electrons. The van der Waals surface area contributed by atoms with Crippen LogP contribution >= 0.6 is 0 Å². The molecule has 0 aromatic heterocycles. The van der Waals surface area contributed by atoms with Crippen LogP contribution in [0.15, 0.2) is 0 Å². The fraction of sp³-hybridized carbons (Fsp3) is 0.923. The molecule has 0 bridgehead atoms. The number of nitrogens with two attached hydrogens (primary N) is 1. The fourth-order valence-corrected chi connectivity index (χ4v) is 2.89. The highest BCUT2D eigenvalue weighted by molar-refractivity contribution is 5.83. The van der Waals surface area contributed by atoms with Crippen molar-refractivity contribution in [3.05, 3.63) is 0 Å². The fourth-order valence-electron chi connectivity index (χ4n) is 2.89. The van der Waals surface area contributed by atoms with Crippen molar-refractivity contribution in [2.45, 2.75) is 40.5 Å². The second-order valence-corrected chi connectivity index (χ2v) is 6.72. The van der Waals surface area contributed by atoms with Gasteiger partial charge in [0, 0.05) is 20.1 Å². The number of rotatable bonds is 3. The van der Waals surface area contributed by atoms with Crippen molar-refractivity contribution in [1.29, 1.82) is 0 Å². The van der Waals surface area contributed by atoms with Gasteiger partial charge in [0.05, 0.1) is 5.41 Å². The van der Waals surface area contributed by atoms with Crippen molar-refractivity contribution in [2.75, 3.05) is 20.1 Å². The van der Waals surface area contributed by atoms with Gasteiger partial charge in [-0.1, -0.05) is 27.7 Å². The highest BCUT2D eigenvalue weighted by atomic mass is 16.2. The molecule has 0 atom stereocenters. The first-order valence-corrected chi connectivity index (χ1v) is 6.16. The molecule has 1 rings (SSSR count). The van der Waals surface area contributed by atoms with E-state index in [4.69, 9.17) is 5.73 Å². The summed E-state index contributed by atoms with van der Waals surface area (Å²) in [6.07, 6.45) is 1.91. The summed E-state index contributed by atoms with van der Waals surface area (Å²) in [5.41, 5.74) is 5.68. The van der Waals surface area contributed by atoms with Crippen LogP contribution in [0.5, 0.6) is 0 Å². The molecular formula is C13H26N2O. The van der Waals surface area contributed by atoms with Crippen molar-refractivity contribution in [3.63, 3.8) is 0 Å². The molecular weight excluding hydrogens is 200 g/mol. The summed E-state index contributed by atoms with van der Waals surface area (Å²) in [7, 11) is 1.90. The quantitative estimate of drug-likeness (QED) is 0.798. The molecule has 2 N–H and O–H groups in total. The van der Waals surface area contributed by atoms with Crippen molar-refractivity contribution in [2.24, 2.45) is 22.5 Å². The minimum absolute atomic E-state index is 0.148. The zero-order chi connectivity index (χ0) is 12.6. The molecule has 3 nitrogen and oxygen atoms in total. The molecule has 3 heteroatoms. The summed E-state index contributed by atoms with van der Waals surface area (Å²) in [5, 5.41) is 0. The van der Waals surface area contributed by atoms with Gasteiger partial charge in [0.15, 0.2) is 0 Å². The molecule has 1 fully saturated rings. The second-order valence-electron chi connectivity index (χ2n) is 6.72. The summed E-state index contributed by atoms with van der Waals surface area (Å²) >= 11 is 0. The third kappa shape index (κ3) is 2.76. The Bertz CT molecular complexity index is 262. The van der Waals surface area contributed by atoms with E-state index in [1.165, 1.54) is 0 Å². The lowest BCUT2D eigenvalue weighted by Gasteiger charge is -2.46. The largest absolute Gasteiger partial charge is 0.345 e. The van der Waals surface area contributed by atoms with Crippen molar-refractivity contribution >= 4 is 5.91 Å². The van der Waals surface area contributed by atoms with Crippen LogP contribution in [0.4, 0.5) is 0 Å². The second kappa shape index (κ2) is 4.36. The smallest absolute Gasteiger partial charge is 0.229 e. The number of hydrogen-bond acceptors (Lipinski definition) is 2. The highest BCUT2D eigenvalue weighted by Gasteiger charge is 2.48. The lowest BCUT2D eigenvalue weighted by Crippen LogP contribution is -2.54. The number of amides is 1. The molecule has 0 aromatic carbocycles. The predicted octanol–water partition coefficient (Wildman–Crippen LogP) is 1.87. The van der Waals surface area contributed by atoms with E-state index in [-0.39, 0.29) is 16.7 Å². The van der Waals surface area contributed by atoms with E-state index < -0.39 is 0 Å². The lowest BCUT2D eigenvalue weighted by molar-refractivity contribution is -0.149. The van der Waals surface area contributed by atoms with E-state index in [0.717, 1.165) is 19.4 Å². The van der Waals surface area contributed by atoms with E-state index in [9.17, 15) is 4.79 Å². The van der Waals surface area contributed by atoms with Gasteiger partial charge in [-0.05, 0) is 24.2 Å². The molecule has 0 saturated heterocycles.